The number of pyridine rings is 1. The SMILES string of the molecule is CC(C)(C)c1cccc[n+]1CC1=CN2C(=O)[C@@H](N)[C@@H]2SC1. The number of carbonyl (C=O) groups excluding carboxylic acids is 1. The Morgan fingerprint density at radius 2 is 2.19 bits per heavy atom. The van der Waals surface area contributed by atoms with Crippen LogP contribution in [0.25, 0.3) is 0 Å². The number of nitrogens with two attached hydrogens (primary N) is 1. The number of rotatable bonds is 2. The predicted molar refractivity (Wildman–Crippen MR) is 84.5 cm³/mol. The average molecular weight is 304 g/mol. The summed E-state index contributed by atoms with van der Waals surface area (Å²) in [5.41, 5.74) is 8.47. The molecule has 2 aliphatic rings. The average Bonchev–Trinajstić information content (AvgIpc) is 2.46. The second-order valence-corrected chi connectivity index (χ2v) is 7.83. The summed E-state index contributed by atoms with van der Waals surface area (Å²) in [5, 5.41) is 0.143. The topological polar surface area (TPSA) is 50.2 Å². The Labute approximate surface area is 130 Å². The molecule has 4 nitrogen and oxygen atoms in total. The molecular formula is C16H22N3OS+. The van der Waals surface area contributed by atoms with E-state index in [2.05, 4.69) is 49.7 Å². The van der Waals surface area contributed by atoms with Crippen LogP contribution in [0.15, 0.2) is 36.2 Å². The minimum absolute atomic E-state index is 0.0406. The van der Waals surface area contributed by atoms with Crippen molar-refractivity contribution in [2.24, 2.45) is 5.73 Å². The third-order valence-electron chi connectivity index (χ3n) is 3.96. The van der Waals surface area contributed by atoms with E-state index in [1.54, 1.807) is 16.7 Å². The van der Waals surface area contributed by atoms with Crippen LogP contribution in [0.5, 0.6) is 0 Å². The number of thioether (sulfide) groups is 1. The highest BCUT2D eigenvalue weighted by molar-refractivity contribution is 8.00. The van der Waals surface area contributed by atoms with Gasteiger partial charge in [0.15, 0.2) is 18.4 Å². The zero-order valence-corrected chi connectivity index (χ0v) is 13.6. The van der Waals surface area contributed by atoms with Gasteiger partial charge in [-0.2, -0.15) is 4.57 Å². The maximum absolute atomic E-state index is 11.8. The number of aromatic nitrogens is 1. The molecule has 112 valence electrons. The van der Waals surface area contributed by atoms with Gasteiger partial charge >= 0.3 is 0 Å². The van der Waals surface area contributed by atoms with Crippen LogP contribution in [0.1, 0.15) is 26.5 Å². The first-order valence-corrected chi connectivity index (χ1v) is 8.31. The molecule has 0 aliphatic carbocycles. The van der Waals surface area contributed by atoms with E-state index >= 15 is 0 Å². The second kappa shape index (κ2) is 5.14. The van der Waals surface area contributed by atoms with Crippen LogP contribution < -0.4 is 10.3 Å². The lowest BCUT2D eigenvalue weighted by molar-refractivity contribution is -0.699. The Bertz CT molecular complexity index is 606. The highest BCUT2D eigenvalue weighted by Crippen LogP contribution is 2.35. The summed E-state index contributed by atoms with van der Waals surface area (Å²) in [4.78, 5) is 13.5. The molecule has 1 saturated heterocycles. The lowest BCUT2D eigenvalue weighted by Gasteiger charge is -2.45. The molecule has 3 heterocycles. The zero-order valence-electron chi connectivity index (χ0n) is 12.7. The van der Waals surface area contributed by atoms with Gasteiger partial charge in [-0.25, -0.2) is 0 Å². The largest absolute Gasteiger partial charge is 0.317 e. The van der Waals surface area contributed by atoms with Crippen LogP contribution in [0.4, 0.5) is 0 Å². The maximum Gasteiger partial charge on any atom is 0.247 e. The number of fused-ring (bicyclic) bond motifs is 1. The third kappa shape index (κ3) is 2.60. The van der Waals surface area contributed by atoms with Crippen molar-refractivity contribution in [3.63, 3.8) is 0 Å². The van der Waals surface area contributed by atoms with E-state index in [1.807, 2.05) is 6.20 Å². The number of hydrogen-bond acceptors (Lipinski definition) is 3. The quantitative estimate of drug-likeness (QED) is 0.664. The van der Waals surface area contributed by atoms with Crippen molar-refractivity contribution in [3.05, 3.63) is 41.9 Å². The molecule has 2 atom stereocenters. The molecule has 0 bridgehead atoms. The summed E-state index contributed by atoms with van der Waals surface area (Å²) >= 11 is 1.76. The van der Waals surface area contributed by atoms with Gasteiger partial charge in [-0.15, -0.1) is 11.8 Å². The number of nitrogens with zero attached hydrogens (tertiary/aromatic N) is 2. The van der Waals surface area contributed by atoms with E-state index in [4.69, 9.17) is 5.73 Å². The number of amides is 1. The second-order valence-electron chi connectivity index (χ2n) is 6.72. The monoisotopic (exact) mass is 304 g/mol. The standard InChI is InChI=1S/C16H22N3OS/c1-16(2,3)12-6-4-5-7-18(12)8-11-9-19-14(20)13(17)15(19)21-10-11/h4-7,9,13,15H,8,10,17H2,1-3H3/q+1/t13-,15+/m1/s1. The van der Waals surface area contributed by atoms with Crippen LogP contribution in [0.3, 0.4) is 0 Å². The Hall–Kier alpha value is -1.33. The highest BCUT2D eigenvalue weighted by Gasteiger charge is 2.46. The zero-order chi connectivity index (χ0) is 15.2. The van der Waals surface area contributed by atoms with E-state index in [1.165, 1.54) is 11.3 Å². The molecule has 2 aliphatic heterocycles. The molecule has 0 spiro atoms. The summed E-state index contributed by atoms with van der Waals surface area (Å²) in [7, 11) is 0. The van der Waals surface area contributed by atoms with Gasteiger partial charge in [-0.1, -0.05) is 26.8 Å². The molecule has 1 fully saturated rings. The van der Waals surface area contributed by atoms with Crippen LogP contribution in [0, 0.1) is 0 Å². The molecule has 1 aromatic heterocycles. The van der Waals surface area contributed by atoms with Crippen molar-refractivity contribution in [3.8, 4) is 0 Å². The Morgan fingerprint density at radius 3 is 2.90 bits per heavy atom. The van der Waals surface area contributed by atoms with Gasteiger partial charge in [0.25, 0.3) is 0 Å². The lowest BCUT2D eigenvalue weighted by Crippen LogP contribution is -2.66. The van der Waals surface area contributed by atoms with Gasteiger partial charge < -0.3 is 10.6 Å². The molecule has 1 amide bonds. The van der Waals surface area contributed by atoms with Gasteiger partial charge in [0, 0.05) is 35.1 Å². The fourth-order valence-corrected chi connectivity index (χ4v) is 4.06. The summed E-state index contributed by atoms with van der Waals surface area (Å²) in [6.07, 6.45) is 4.11. The molecule has 2 N–H and O–H groups in total. The minimum Gasteiger partial charge on any atom is -0.317 e. The van der Waals surface area contributed by atoms with Gasteiger partial charge in [-0.3, -0.25) is 4.79 Å². The molecule has 0 radical (unpaired) electrons. The van der Waals surface area contributed by atoms with Crippen molar-refractivity contribution >= 4 is 17.7 Å². The highest BCUT2D eigenvalue weighted by atomic mass is 32.2. The molecular weight excluding hydrogens is 282 g/mol. The van der Waals surface area contributed by atoms with Gasteiger partial charge in [0.2, 0.25) is 5.91 Å². The van der Waals surface area contributed by atoms with Crippen molar-refractivity contribution in [1.82, 2.24) is 4.90 Å². The molecule has 0 unspecified atom stereocenters. The lowest BCUT2D eigenvalue weighted by atomic mass is 9.91. The summed E-state index contributed by atoms with van der Waals surface area (Å²) in [5.74, 6) is 0.979. The van der Waals surface area contributed by atoms with E-state index in [0.717, 1.165) is 12.3 Å². The van der Waals surface area contributed by atoms with Gasteiger partial charge in [0.1, 0.15) is 11.4 Å². The Balaban J connectivity index is 1.82. The van der Waals surface area contributed by atoms with E-state index in [9.17, 15) is 4.79 Å². The summed E-state index contributed by atoms with van der Waals surface area (Å²) in [6.45, 7) is 7.48. The van der Waals surface area contributed by atoms with Crippen molar-refractivity contribution < 1.29 is 9.36 Å². The van der Waals surface area contributed by atoms with Crippen LogP contribution in [0.2, 0.25) is 0 Å². The molecule has 0 aromatic carbocycles. The van der Waals surface area contributed by atoms with Crippen LogP contribution in [-0.4, -0.2) is 28.0 Å². The third-order valence-corrected chi connectivity index (χ3v) is 5.36. The summed E-state index contributed by atoms with van der Waals surface area (Å²) < 4.78 is 2.27. The van der Waals surface area contributed by atoms with E-state index in [-0.39, 0.29) is 22.7 Å². The number of hydrogen-bond donors (Lipinski definition) is 1. The molecule has 0 saturated carbocycles. The fourth-order valence-electron chi connectivity index (χ4n) is 2.86. The Morgan fingerprint density at radius 1 is 1.43 bits per heavy atom. The molecule has 3 rings (SSSR count). The van der Waals surface area contributed by atoms with E-state index < -0.39 is 0 Å². The van der Waals surface area contributed by atoms with E-state index in [0.29, 0.717) is 0 Å². The van der Waals surface area contributed by atoms with Gasteiger partial charge in [0.05, 0.1) is 0 Å². The predicted octanol–water partition coefficient (Wildman–Crippen LogP) is 1.40. The maximum atomic E-state index is 11.8. The molecule has 21 heavy (non-hydrogen) atoms. The van der Waals surface area contributed by atoms with Crippen LogP contribution in [-0.2, 0) is 16.8 Å². The first-order chi connectivity index (χ1) is 9.88. The molecule has 5 heteroatoms. The number of carbonyl (C=O) groups is 1. The van der Waals surface area contributed by atoms with Gasteiger partial charge in [-0.05, 0) is 0 Å². The minimum atomic E-state index is -0.317. The molecule has 1 aromatic rings. The normalized spacial score (nSPS) is 25.2. The summed E-state index contributed by atoms with van der Waals surface area (Å²) in [6, 6.07) is 5.99. The van der Waals surface area contributed by atoms with Crippen LogP contribution >= 0.6 is 11.8 Å². The van der Waals surface area contributed by atoms with Crippen molar-refractivity contribution in [2.75, 3.05) is 5.75 Å². The number of β-lactam (4-membered cyclic amide) rings is 1. The van der Waals surface area contributed by atoms with Crippen molar-refractivity contribution in [1.29, 1.82) is 0 Å². The smallest absolute Gasteiger partial charge is 0.247 e. The first-order valence-electron chi connectivity index (χ1n) is 7.26. The first kappa shape index (κ1) is 14.6. The van der Waals surface area contributed by atoms with Crippen molar-refractivity contribution in [2.45, 2.75) is 44.1 Å². The Kier molecular flexibility index (Phi) is 3.58. The fraction of sp³-hybridized carbons (Fsp3) is 0.500.